The van der Waals surface area contributed by atoms with E-state index in [4.69, 9.17) is 14.7 Å². The van der Waals surface area contributed by atoms with Crippen molar-refractivity contribution in [1.82, 2.24) is 40.0 Å². The quantitative estimate of drug-likeness (QED) is 0.153. The summed E-state index contributed by atoms with van der Waals surface area (Å²) in [4.78, 5) is 36.6. The summed E-state index contributed by atoms with van der Waals surface area (Å²) < 4.78 is 20.5. The van der Waals surface area contributed by atoms with Crippen molar-refractivity contribution >= 4 is 33.8 Å². The number of likely N-dealkylation sites (N-methyl/N-ethyl adjacent to an activating group) is 1. The molecule has 0 atom stereocenters. The molecular formula is C35H36FN9O2. The van der Waals surface area contributed by atoms with E-state index in [-0.39, 0.29) is 5.91 Å². The SMILES string of the molecule is CN(C)CCOc1cc(F)cc(-c2ccnc3nc(-c4n[nH]c5ccc(-c6cncc(NC(=O)CC7CCCCC7)c6)nc45)[nH]c23)c1. The van der Waals surface area contributed by atoms with Crippen LogP contribution in [-0.4, -0.2) is 73.2 Å². The van der Waals surface area contributed by atoms with Crippen molar-refractivity contribution in [1.29, 1.82) is 0 Å². The van der Waals surface area contributed by atoms with Gasteiger partial charge < -0.3 is 19.9 Å². The van der Waals surface area contributed by atoms with Gasteiger partial charge in [-0.3, -0.25) is 14.9 Å². The third-order valence-corrected chi connectivity index (χ3v) is 8.53. The summed E-state index contributed by atoms with van der Waals surface area (Å²) in [6.45, 7) is 1.15. The molecule has 47 heavy (non-hydrogen) atoms. The van der Waals surface area contributed by atoms with Crippen LogP contribution < -0.4 is 10.1 Å². The van der Waals surface area contributed by atoms with E-state index in [1.807, 2.05) is 49.3 Å². The fourth-order valence-electron chi connectivity index (χ4n) is 6.15. The van der Waals surface area contributed by atoms with E-state index >= 15 is 0 Å². The molecule has 5 aromatic heterocycles. The van der Waals surface area contributed by atoms with E-state index < -0.39 is 5.82 Å². The third-order valence-electron chi connectivity index (χ3n) is 8.53. The second kappa shape index (κ2) is 13.2. The van der Waals surface area contributed by atoms with Crippen LogP contribution in [0.25, 0.3) is 56.1 Å². The molecule has 12 heteroatoms. The van der Waals surface area contributed by atoms with Crippen molar-refractivity contribution in [3.05, 3.63) is 66.9 Å². The molecule has 3 N–H and O–H groups in total. The summed E-state index contributed by atoms with van der Waals surface area (Å²) in [6.07, 6.45) is 11.4. The predicted molar refractivity (Wildman–Crippen MR) is 179 cm³/mol. The Bertz CT molecular complexity index is 2050. The van der Waals surface area contributed by atoms with Gasteiger partial charge >= 0.3 is 0 Å². The molecule has 0 aliphatic heterocycles. The summed E-state index contributed by atoms with van der Waals surface area (Å²) in [7, 11) is 3.91. The highest BCUT2D eigenvalue weighted by molar-refractivity contribution is 5.95. The van der Waals surface area contributed by atoms with Crippen molar-refractivity contribution in [2.24, 2.45) is 5.92 Å². The maximum atomic E-state index is 14.7. The number of fused-ring (bicyclic) bond motifs is 2. The van der Waals surface area contributed by atoms with Crippen molar-refractivity contribution in [3.63, 3.8) is 0 Å². The number of nitrogens with one attached hydrogen (secondary N) is 3. The second-order valence-corrected chi connectivity index (χ2v) is 12.4. The molecular weight excluding hydrogens is 597 g/mol. The van der Waals surface area contributed by atoms with Crippen LogP contribution in [0.3, 0.4) is 0 Å². The van der Waals surface area contributed by atoms with Gasteiger partial charge in [0.15, 0.2) is 17.2 Å². The Morgan fingerprint density at radius 2 is 1.91 bits per heavy atom. The lowest BCUT2D eigenvalue weighted by Crippen LogP contribution is -2.19. The molecule has 11 nitrogen and oxygen atoms in total. The van der Waals surface area contributed by atoms with Gasteiger partial charge in [0.25, 0.3) is 0 Å². The highest BCUT2D eigenvalue weighted by Gasteiger charge is 2.20. The van der Waals surface area contributed by atoms with E-state index in [1.165, 1.54) is 31.4 Å². The van der Waals surface area contributed by atoms with E-state index in [9.17, 15) is 9.18 Å². The van der Waals surface area contributed by atoms with E-state index in [0.29, 0.717) is 76.4 Å². The number of aromatic amines is 2. The highest BCUT2D eigenvalue weighted by atomic mass is 19.1. The molecule has 0 spiro atoms. The largest absolute Gasteiger partial charge is 0.492 e. The number of imidazole rings is 1. The molecule has 1 amide bonds. The number of hydrogen-bond acceptors (Lipinski definition) is 8. The molecule has 5 heterocycles. The maximum Gasteiger partial charge on any atom is 0.224 e. The topological polar surface area (TPSA) is 138 Å². The lowest BCUT2D eigenvalue weighted by atomic mass is 9.87. The van der Waals surface area contributed by atoms with Gasteiger partial charge in [0, 0.05) is 42.6 Å². The van der Waals surface area contributed by atoms with Gasteiger partial charge in [0.1, 0.15) is 23.7 Å². The number of pyridine rings is 3. The molecule has 1 aromatic carbocycles. The summed E-state index contributed by atoms with van der Waals surface area (Å²) in [5, 5.41) is 10.6. The fourth-order valence-corrected chi connectivity index (χ4v) is 6.15. The Labute approximate surface area is 271 Å². The standard InChI is InChI=1S/C35H36FN9O2/c1-45(2)12-13-47-26-17-22(15-24(36)18-26)27-10-11-38-34-31(27)41-35(42-34)33-32-29(43-44-33)9-8-28(40-32)23-16-25(20-37-19-23)39-30(46)14-21-6-4-3-5-7-21/h8-11,15-21H,3-7,12-14H2,1-2H3,(H,39,46)(H,43,44)(H,38,41,42). The molecule has 0 unspecified atom stereocenters. The first-order valence-corrected chi connectivity index (χ1v) is 15.9. The average Bonchev–Trinajstić information content (AvgIpc) is 3.69. The average molecular weight is 634 g/mol. The number of benzene rings is 1. The number of H-pyrrole nitrogens is 2. The van der Waals surface area contributed by atoms with Gasteiger partial charge in [-0.1, -0.05) is 19.3 Å². The van der Waals surface area contributed by atoms with Crippen LogP contribution in [0.5, 0.6) is 5.75 Å². The number of anilines is 1. The lowest BCUT2D eigenvalue weighted by molar-refractivity contribution is -0.117. The van der Waals surface area contributed by atoms with Crippen molar-refractivity contribution < 1.29 is 13.9 Å². The number of ether oxygens (including phenoxy) is 1. The fraction of sp³-hybridized carbons (Fsp3) is 0.314. The third kappa shape index (κ3) is 6.82. The lowest BCUT2D eigenvalue weighted by Gasteiger charge is -2.20. The van der Waals surface area contributed by atoms with Crippen molar-refractivity contribution in [3.8, 4) is 39.7 Å². The smallest absolute Gasteiger partial charge is 0.224 e. The Morgan fingerprint density at radius 3 is 2.77 bits per heavy atom. The number of amides is 1. The Balaban J connectivity index is 1.16. The Morgan fingerprint density at radius 1 is 1.04 bits per heavy atom. The van der Waals surface area contributed by atoms with Gasteiger partial charge in [0.05, 0.1) is 28.6 Å². The number of halogens is 1. The van der Waals surface area contributed by atoms with Gasteiger partial charge in [-0.15, -0.1) is 0 Å². The van der Waals surface area contributed by atoms with Crippen molar-refractivity contribution in [2.45, 2.75) is 38.5 Å². The van der Waals surface area contributed by atoms with Gasteiger partial charge in [-0.25, -0.2) is 19.3 Å². The minimum atomic E-state index is -0.399. The van der Waals surface area contributed by atoms with Gasteiger partial charge in [-0.2, -0.15) is 5.10 Å². The molecule has 6 aromatic rings. The molecule has 1 saturated carbocycles. The second-order valence-electron chi connectivity index (χ2n) is 12.4. The predicted octanol–water partition coefficient (Wildman–Crippen LogP) is 6.61. The highest BCUT2D eigenvalue weighted by Crippen LogP contribution is 2.33. The summed E-state index contributed by atoms with van der Waals surface area (Å²) >= 11 is 0. The van der Waals surface area contributed by atoms with Crippen LogP contribution in [-0.2, 0) is 4.79 Å². The first-order chi connectivity index (χ1) is 22.9. The molecule has 240 valence electrons. The van der Waals surface area contributed by atoms with Crippen LogP contribution in [0.1, 0.15) is 38.5 Å². The van der Waals surface area contributed by atoms with Crippen LogP contribution >= 0.6 is 0 Å². The molecule has 1 fully saturated rings. The van der Waals surface area contributed by atoms with E-state index in [0.717, 1.165) is 29.5 Å². The zero-order valence-corrected chi connectivity index (χ0v) is 26.4. The summed E-state index contributed by atoms with van der Waals surface area (Å²) in [5.41, 5.74) is 6.39. The van der Waals surface area contributed by atoms with Crippen molar-refractivity contribution in [2.75, 3.05) is 32.6 Å². The zero-order valence-electron chi connectivity index (χ0n) is 26.4. The normalized spacial score (nSPS) is 13.9. The van der Waals surface area contributed by atoms with E-state index in [2.05, 4.69) is 30.5 Å². The molecule has 1 aliphatic carbocycles. The van der Waals surface area contributed by atoms with Crippen LogP contribution in [0, 0.1) is 11.7 Å². The monoisotopic (exact) mass is 633 g/mol. The number of nitrogens with zero attached hydrogens (tertiary/aromatic N) is 6. The van der Waals surface area contributed by atoms with Crippen LogP contribution in [0.15, 0.2) is 61.1 Å². The van der Waals surface area contributed by atoms with Gasteiger partial charge in [-0.05, 0) is 74.8 Å². The minimum absolute atomic E-state index is 0.0144. The molecule has 0 saturated heterocycles. The number of hydrogen-bond donors (Lipinski definition) is 3. The van der Waals surface area contributed by atoms with Gasteiger partial charge in [0.2, 0.25) is 5.91 Å². The van der Waals surface area contributed by atoms with E-state index in [1.54, 1.807) is 18.6 Å². The summed E-state index contributed by atoms with van der Waals surface area (Å²) in [5.74, 6) is 0.983. The first-order valence-electron chi connectivity index (χ1n) is 15.9. The molecule has 0 bridgehead atoms. The number of aromatic nitrogens is 7. The summed E-state index contributed by atoms with van der Waals surface area (Å²) in [6, 6.07) is 12.1. The Kier molecular flexibility index (Phi) is 8.58. The Hall–Kier alpha value is -5.23. The molecule has 7 rings (SSSR count). The minimum Gasteiger partial charge on any atom is -0.492 e. The number of carbonyl (C=O) groups excluding carboxylic acids is 1. The number of rotatable bonds is 10. The first kappa shape index (κ1) is 30.4. The number of carbonyl (C=O) groups is 1. The van der Waals surface area contributed by atoms with Crippen LogP contribution in [0.2, 0.25) is 0 Å². The molecule has 1 aliphatic rings. The van der Waals surface area contributed by atoms with Crippen LogP contribution in [0.4, 0.5) is 10.1 Å². The zero-order chi connectivity index (χ0) is 32.3. The molecule has 0 radical (unpaired) electrons. The maximum absolute atomic E-state index is 14.7.